The van der Waals surface area contributed by atoms with E-state index in [2.05, 4.69) is 21.7 Å². The van der Waals surface area contributed by atoms with Gasteiger partial charge < -0.3 is 13.9 Å². The number of para-hydroxylation sites is 2. The molecule has 3 heterocycles. The number of aromatic nitrogens is 4. The zero-order valence-electron chi connectivity index (χ0n) is 19.9. The zero-order chi connectivity index (χ0) is 24.8. The van der Waals surface area contributed by atoms with Crippen molar-refractivity contribution in [2.24, 2.45) is 7.05 Å². The number of methoxy groups -OCH3 is 1. The number of benzene rings is 3. The van der Waals surface area contributed by atoms with Gasteiger partial charge in [-0.2, -0.15) is 5.26 Å². The smallest absolute Gasteiger partial charge is 0.331 e. The standard InChI is InChI=1S/C29H23N5O2/c1-32-18-27(22-8-4-5-9-25(22)32)34-28(24(15-30)31-29(34)35)23-17-33(26-10-6-3-7-21(23)26)16-19-11-13-20(36-2)14-12-19/h3-14,17-18H,16H2,1-2H3,(H,31,35). The van der Waals surface area contributed by atoms with Gasteiger partial charge in [0.15, 0.2) is 0 Å². The topological polar surface area (TPSA) is 80.7 Å². The van der Waals surface area contributed by atoms with Crippen molar-refractivity contribution in [3.05, 3.63) is 107 Å². The Morgan fingerprint density at radius 3 is 2.33 bits per heavy atom. The molecule has 0 aliphatic rings. The van der Waals surface area contributed by atoms with E-state index in [1.807, 2.05) is 90.7 Å². The van der Waals surface area contributed by atoms with Crippen LogP contribution < -0.4 is 10.4 Å². The monoisotopic (exact) mass is 473 g/mol. The van der Waals surface area contributed by atoms with Crippen LogP contribution in [0.3, 0.4) is 0 Å². The van der Waals surface area contributed by atoms with E-state index >= 15 is 0 Å². The van der Waals surface area contributed by atoms with Crippen LogP contribution >= 0.6 is 0 Å². The number of imidazole rings is 1. The van der Waals surface area contributed by atoms with Crippen LogP contribution in [0.4, 0.5) is 0 Å². The molecule has 0 aliphatic heterocycles. The van der Waals surface area contributed by atoms with Crippen molar-refractivity contribution in [3.63, 3.8) is 0 Å². The third-order valence-corrected chi connectivity index (χ3v) is 6.68. The number of hydrogen-bond donors (Lipinski definition) is 1. The maximum atomic E-state index is 13.3. The lowest BCUT2D eigenvalue weighted by Crippen LogP contribution is -2.15. The molecule has 6 rings (SSSR count). The summed E-state index contributed by atoms with van der Waals surface area (Å²) < 4.78 is 11.1. The Morgan fingerprint density at radius 1 is 0.917 bits per heavy atom. The summed E-state index contributed by atoms with van der Waals surface area (Å²) in [4.78, 5) is 16.1. The predicted octanol–water partition coefficient (Wildman–Crippen LogP) is 5.21. The second-order valence-corrected chi connectivity index (χ2v) is 8.78. The maximum Gasteiger partial charge on any atom is 0.331 e. The molecule has 0 unspecified atom stereocenters. The highest BCUT2D eigenvalue weighted by atomic mass is 16.5. The molecule has 0 aliphatic carbocycles. The van der Waals surface area contributed by atoms with Gasteiger partial charge in [-0.1, -0.05) is 48.5 Å². The minimum absolute atomic E-state index is 0.236. The molecule has 3 aromatic heterocycles. The first kappa shape index (κ1) is 21.6. The van der Waals surface area contributed by atoms with Crippen LogP contribution in [0.2, 0.25) is 0 Å². The van der Waals surface area contributed by atoms with Crippen molar-refractivity contribution in [2.75, 3.05) is 7.11 Å². The number of fused-ring (bicyclic) bond motifs is 2. The lowest BCUT2D eigenvalue weighted by molar-refractivity contribution is 0.414. The summed E-state index contributed by atoms with van der Waals surface area (Å²) in [5.74, 6) is 0.807. The van der Waals surface area contributed by atoms with Crippen LogP contribution in [0.1, 0.15) is 11.3 Å². The van der Waals surface area contributed by atoms with Crippen LogP contribution in [0.5, 0.6) is 5.75 Å². The molecule has 0 fully saturated rings. The first-order valence-electron chi connectivity index (χ1n) is 11.6. The minimum Gasteiger partial charge on any atom is -0.497 e. The van der Waals surface area contributed by atoms with Crippen molar-refractivity contribution >= 4 is 21.8 Å². The van der Waals surface area contributed by atoms with Gasteiger partial charge in [0.05, 0.1) is 18.5 Å². The highest BCUT2D eigenvalue weighted by Crippen LogP contribution is 2.35. The van der Waals surface area contributed by atoms with Crippen LogP contribution in [-0.4, -0.2) is 25.8 Å². The van der Waals surface area contributed by atoms with Crippen molar-refractivity contribution < 1.29 is 4.74 Å². The molecule has 1 N–H and O–H groups in total. The molecule has 0 saturated heterocycles. The number of rotatable bonds is 5. The van der Waals surface area contributed by atoms with E-state index in [-0.39, 0.29) is 11.4 Å². The number of ether oxygens (including phenoxy) is 1. The van der Waals surface area contributed by atoms with E-state index in [9.17, 15) is 10.1 Å². The lowest BCUT2D eigenvalue weighted by Gasteiger charge is -2.07. The molecule has 0 saturated carbocycles. The largest absolute Gasteiger partial charge is 0.497 e. The summed E-state index contributed by atoms with van der Waals surface area (Å²) in [5.41, 5.74) is 5.15. The number of nitrogens with one attached hydrogen (secondary N) is 1. The molecule has 7 nitrogen and oxygen atoms in total. The van der Waals surface area contributed by atoms with E-state index in [1.54, 1.807) is 11.7 Å². The van der Waals surface area contributed by atoms with Crippen molar-refractivity contribution in [1.82, 2.24) is 18.7 Å². The molecule has 176 valence electrons. The Hall–Kier alpha value is -4.96. The molecule has 7 heteroatoms. The predicted molar refractivity (Wildman–Crippen MR) is 141 cm³/mol. The number of nitrogens with zero attached hydrogens (tertiary/aromatic N) is 4. The fourth-order valence-corrected chi connectivity index (χ4v) is 4.99. The fraction of sp³-hybridized carbons (Fsp3) is 0.103. The molecule has 0 spiro atoms. The van der Waals surface area contributed by atoms with E-state index in [0.717, 1.165) is 44.4 Å². The third kappa shape index (κ3) is 3.31. The van der Waals surface area contributed by atoms with Gasteiger partial charge in [0.25, 0.3) is 0 Å². The molecular weight excluding hydrogens is 450 g/mol. The average Bonchev–Trinajstić information content (AvgIpc) is 3.55. The van der Waals surface area contributed by atoms with Crippen molar-refractivity contribution in [3.8, 4) is 28.8 Å². The molecule has 6 aromatic rings. The SMILES string of the molecule is COc1ccc(Cn2cc(-c3c(C#N)[nH]c(=O)n3-c3cn(C)c4ccccc34)c3ccccc32)cc1. The van der Waals surface area contributed by atoms with E-state index in [4.69, 9.17) is 4.74 Å². The van der Waals surface area contributed by atoms with Gasteiger partial charge in [-0.3, -0.25) is 9.55 Å². The van der Waals surface area contributed by atoms with Crippen LogP contribution in [0.25, 0.3) is 38.8 Å². The highest BCUT2D eigenvalue weighted by molar-refractivity contribution is 5.98. The third-order valence-electron chi connectivity index (χ3n) is 6.68. The number of aromatic amines is 1. The molecule has 36 heavy (non-hydrogen) atoms. The maximum absolute atomic E-state index is 13.3. The Morgan fingerprint density at radius 2 is 1.61 bits per heavy atom. The Kier molecular flexibility index (Phi) is 5.01. The summed E-state index contributed by atoms with van der Waals surface area (Å²) in [6.07, 6.45) is 3.96. The number of hydrogen-bond acceptors (Lipinski definition) is 3. The van der Waals surface area contributed by atoms with Crippen LogP contribution in [0, 0.1) is 11.3 Å². The minimum atomic E-state index is -0.343. The molecule has 0 atom stereocenters. The van der Waals surface area contributed by atoms with Gasteiger partial charge in [-0.25, -0.2) is 4.79 Å². The van der Waals surface area contributed by atoms with Gasteiger partial charge in [0, 0.05) is 53.4 Å². The van der Waals surface area contributed by atoms with Gasteiger partial charge in [0.2, 0.25) is 0 Å². The van der Waals surface area contributed by atoms with Gasteiger partial charge in [0.1, 0.15) is 17.5 Å². The Labute approximate surface area is 207 Å². The quantitative estimate of drug-likeness (QED) is 0.373. The Bertz CT molecular complexity index is 1840. The summed E-state index contributed by atoms with van der Waals surface area (Å²) in [7, 11) is 3.61. The molecule has 3 aromatic carbocycles. The summed E-state index contributed by atoms with van der Waals surface area (Å²) in [6.45, 7) is 0.634. The van der Waals surface area contributed by atoms with Crippen LogP contribution in [0.15, 0.2) is 90.0 Å². The normalized spacial score (nSPS) is 11.2. The Balaban J connectivity index is 1.59. The lowest BCUT2D eigenvalue weighted by atomic mass is 10.1. The van der Waals surface area contributed by atoms with Crippen molar-refractivity contribution in [1.29, 1.82) is 5.26 Å². The second kappa shape index (κ2) is 8.36. The molecule has 0 radical (unpaired) electrons. The molecule has 0 bridgehead atoms. The van der Waals surface area contributed by atoms with Gasteiger partial charge >= 0.3 is 5.69 Å². The van der Waals surface area contributed by atoms with E-state index < -0.39 is 0 Å². The number of nitriles is 1. The second-order valence-electron chi connectivity index (χ2n) is 8.78. The van der Waals surface area contributed by atoms with E-state index in [1.165, 1.54) is 0 Å². The average molecular weight is 474 g/mol. The first-order chi connectivity index (χ1) is 17.6. The summed E-state index contributed by atoms with van der Waals surface area (Å²) in [5, 5.41) is 11.9. The summed E-state index contributed by atoms with van der Waals surface area (Å²) in [6, 6.07) is 26.2. The van der Waals surface area contributed by atoms with Gasteiger partial charge in [-0.15, -0.1) is 0 Å². The number of H-pyrrole nitrogens is 1. The summed E-state index contributed by atoms with van der Waals surface area (Å²) >= 11 is 0. The van der Waals surface area contributed by atoms with Gasteiger partial charge in [-0.05, 0) is 29.8 Å². The number of aryl methyl sites for hydroxylation is 1. The van der Waals surface area contributed by atoms with E-state index in [0.29, 0.717) is 12.2 Å². The zero-order valence-corrected chi connectivity index (χ0v) is 19.9. The van der Waals surface area contributed by atoms with Crippen molar-refractivity contribution in [2.45, 2.75) is 6.54 Å². The molecular formula is C29H23N5O2. The molecule has 0 amide bonds. The fourth-order valence-electron chi connectivity index (χ4n) is 4.99. The highest BCUT2D eigenvalue weighted by Gasteiger charge is 2.23. The first-order valence-corrected chi connectivity index (χ1v) is 11.6. The van der Waals surface area contributed by atoms with Crippen LogP contribution in [-0.2, 0) is 13.6 Å².